The van der Waals surface area contributed by atoms with Crippen molar-refractivity contribution in [2.75, 3.05) is 13.1 Å². The highest BCUT2D eigenvalue weighted by molar-refractivity contribution is 5.96. The minimum Gasteiger partial charge on any atom is -0.339 e. The minimum atomic E-state index is -0.298. The molecule has 0 aliphatic heterocycles. The molecule has 0 bridgehead atoms. The van der Waals surface area contributed by atoms with Crippen molar-refractivity contribution in [3.63, 3.8) is 0 Å². The predicted molar refractivity (Wildman–Crippen MR) is 104 cm³/mol. The molecule has 0 saturated carbocycles. The Balaban J connectivity index is 2.17. The number of aromatic nitrogens is 2. The van der Waals surface area contributed by atoms with Crippen LogP contribution >= 0.6 is 0 Å². The van der Waals surface area contributed by atoms with Crippen molar-refractivity contribution >= 4 is 16.9 Å². The Morgan fingerprint density at radius 3 is 2.46 bits per heavy atom. The lowest BCUT2D eigenvalue weighted by molar-refractivity contribution is 0.0771. The molecule has 0 aliphatic rings. The summed E-state index contributed by atoms with van der Waals surface area (Å²) in [6, 6.07) is 13.4. The van der Waals surface area contributed by atoms with Gasteiger partial charge in [-0.05, 0) is 44.5 Å². The Labute approximate surface area is 152 Å². The molecular formula is C21H23N3O2. The van der Waals surface area contributed by atoms with Crippen molar-refractivity contribution < 1.29 is 4.79 Å². The number of amides is 1. The van der Waals surface area contributed by atoms with Crippen LogP contribution in [0.1, 0.15) is 35.3 Å². The summed E-state index contributed by atoms with van der Waals surface area (Å²) in [6.07, 6.45) is 1.67. The molecule has 2 heterocycles. The lowest BCUT2D eigenvalue weighted by Gasteiger charge is -2.19. The van der Waals surface area contributed by atoms with E-state index in [1.165, 1.54) is 0 Å². The standard InChI is InChI=1S/C21H23N3O2/c1-4-23(5-2)20(25)18-13-17-7-6-12-22-19(17)24(21(18)26)14-16-10-8-15(3)9-11-16/h6-13H,4-5,14H2,1-3H3. The van der Waals surface area contributed by atoms with E-state index < -0.39 is 0 Å². The van der Waals surface area contributed by atoms with E-state index in [0.29, 0.717) is 25.3 Å². The van der Waals surface area contributed by atoms with Gasteiger partial charge in [0.15, 0.2) is 0 Å². The van der Waals surface area contributed by atoms with Gasteiger partial charge in [-0.1, -0.05) is 29.8 Å². The van der Waals surface area contributed by atoms with Gasteiger partial charge in [0.2, 0.25) is 0 Å². The first-order valence-corrected chi connectivity index (χ1v) is 8.88. The summed E-state index contributed by atoms with van der Waals surface area (Å²) in [4.78, 5) is 32.0. The van der Waals surface area contributed by atoms with Crippen molar-refractivity contribution in [3.8, 4) is 0 Å². The first kappa shape index (κ1) is 17.9. The van der Waals surface area contributed by atoms with Crippen LogP contribution in [0.3, 0.4) is 0 Å². The van der Waals surface area contributed by atoms with Crippen LogP contribution in [-0.4, -0.2) is 33.4 Å². The highest BCUT2D eigenvalue weighted by atomic mass is 16.2. The first-order chi connectivity index (χ1) is 12.5. The van der Waals surface area contributed by atoms with E-state index in [4.69, 9.17) is 0 Å². The zero-order valence-corrected chi connectivity index (χ0v) is 15.4. The van der Waals surface area contributed by atoms with Gasteiger partial charge in [-0.25, -0.2) is 4.98 Å². The summed E-state index contributed by atoms with van der Waals surface area (Å²) < 4.78 is 1.59. The molecule has 134 valence electrons. The maximum absolute atomic E-state index is 13.1. The molecule has 0 fully saturated rings. The van der Waals surface area contributed by atoms with E-state index in [-0.39, 0.29) is 17.0 Å². The van der Waals surface area contributed by atoms with E-state index >= 15 is 0 Å². The van der Waals surface area contributed by atoms with Crippen molar-refractivity contribution in [2.45, 2.75) is 27.3 Å². The third-order valence-electron chi connectivity index (χ3n) is 4.59. The highest BCUT2D eigenvalue weighted by Crippen LogP contribution is 2.14. The van der Waals surface area contributed by atoms with Crippen LogP contribution in [0.4, 0.5) is 0 Å². The fourth-order valence-corrected chi connectivity index (χ4v) is 3.06. The smallest absolute Gasteiger partial charge is 0.265 e. The van der Waals surface area contributed by atoms with Gasteiger partial charge >= 0.3 is 0 Å². The number of aryl methyl sites for hydroxylation is 1. The Morgan fingerprint density at radius 2 is 1.81 bits per heavy atom. The Hall–Kier alpha value is -2.95. The number of rotatable bonds is 5. The molecule has 0 aliphatic carbocycles. The number of nitrogens with zero attached hydrogens (tertiary/aromatic N) is 3. The van der Waals surface area contributed by atoms with Gasteiger partial charge in [0, 0.05) is 24.7 Å². The number of fused-ring (bicyclic) bond motifs is 1. The molecule has 1 amide bonds. The molecule has 2 aromatic heterocycles. The molecule has 0 saturated heterocycles. The summed E-state index contributed by atoms with van der Waals surface area (Å²) in [5.74, 6) is -0.233. The van der Waals surface area contributed by atoms with Gasteiger partial charge in [-0.2, -0.15) is 0 Å². The van der Waals surface area contributed by atoms with Gasteiger partial charge in [0.05, 0.1) is 6.54 Å². The fraction of sp³-hybridized carbons (Fsp3) is 0.286. The van der Waals surface area contributed by atoms with E-state index in [1.54, 1.807) is 21.7 Å². The largest absolute Gasteiger partial charge is 0.339 e. The second kappa shape index (κ2) is 7.52. The Kier molecular flexibility index (Phi) is 5.16. The van der Waals surface area contributed by atoms with E-state index in [2.05, 4.69) is 4.98 Å². The van der Waals surface area contributed by atoms with Crippen LogP contribution in [0, 0.1) is 6.92 Å². The second-order valence-corrected chi connectivity index (χ2v) is 6.33. The number of carbonyl (C=O) groups excluding carboxylic acids is 1. The maximum Gasteiger partial charge on any atom is 0.265 e. The quantitative estimate of drug-likeness (QED) is 0.710. The molecule has 5 nitrogen and oxygen atoms in total. The van der Waals surface area contributed by atoms with Gasteiger partial charge < -0.3 is 4.90 Å². The average Bonchev–Trinajstić information content (AvgIpc) is 2.66. The lowest BCUT2D eigenvalue weighted by atomic mass is 10.1. The summed E-state index contributed by atoms with van der Waals surface area (Å²) in [6.45, 7) is 7.36. The minimum absolute atomic E-state index is 0.196. The number of carbonyl (C=O) groups is 1. The molecule has 0 N–H and O–H groups in total. The van der Waals surface area contributed by atoms with Crippen molar-refractivity contribution in [2.24, 2.45) is 0 Å². The van der Waals surface area contributed by atoms with Gasteiger partial charge in [0.1, 0.15) is 11.2 Å². The van der Waals surface area contributed by atoms with E-state index in [1.807, 2.05) is 57.2 Å². The van der Waals surface area contributed by atoms with Crippen LogP contribution in [0.2, 0.25) is 0 Å². The van der Waals surface area contributed by atoms with E-state index in [0.717, 1.165) is 16.5 Å². The maximum atomic E-state index is 13.1. The zero-order valence-electron chi connectivity index (χ0n) is 15.4. The Morgan fingerprint density at radius 1 is 1.12 bits per heavy atom. The third kappa shape index (κ3) is 3.38. The molecule has 5 heteroatoms. The number of hydrogen-bond donors (Lipinski definition) is 0. The monoisotopic (exact) mass is 349 g/mol. The summed E-state index contributed by atoms with van der Waals surface area (Å²) in [7, 11) is 0. The molecule has 0 unspecified atom stereocenters. The normalized spacial score (nSPS) is 10.9. The lowest BCUT2D eigenvalue weighted by Crippen LogP contribution is -2.37. The molecule has 3 rings (SSSR count). The van der Waals surface area contributed by atoms with Crippen LogP contribution in [-0.2, 0) is 6.54 Å². The number of pyridine rings is 2. The zero-order chi connectivity index (χ0) is 18.7. The van der Waals surface area contributed by atoms with Crippen LogP contribution in [0.5, 0.6) is 0 Å². The fourth-order valence-electron chi connectivity index (χ4n) is 3.06. The van der Waals surface area contributed by atoms with Crippen LogP contribution in [0.15, 0.2) is 53.5 Å². The predicted octanol–water partition coefficient (Wildman–Crippen LogP) is 3.24. The summed E-state index contributed by atoms with van der Waals surface area (Å²) >= 11 is 0. The molecule has 0 atom stereocenters. The number of hydrogen-bond acceptors (Lipinski definition) is 3. The third-order valence-corrected chi connectivity index (χ3v) is 4.59. The van der Waals surface area contributed by atoms with Crippen molar-refractivity contribution in [3.05, 3.63) is 75.7 Å². The van der Waals surface area contributed by atoms with Crippen molar-refractivity contribution in [1.29, 1.82) is 0 Å². The molecule has 0 spiro atoms. The molecular weight excluding hydrogens is 326 g/mol. The highest BCUT2D eigenvalue weighted by Gasteiger charge is 2.20. The average molecular weight is 349 g/mol. The SMILES string of the molecule is CCN(CC)C(=O)c1cc2cccnc2n(Cc2ccc(C)cc2)c1=O. The number of benzene rings is 1. The first-order valence-electron chi connectivity index (χ1n) is 8.88. The topological polar surface area (TPSA) is 55.2 Å². The second-order valence-electron chi connectivity index (χ2n) is 6.33. The van der Waals surface area contributed by atoms with Crippen LogP contribution < -0.4 is 5.56 Å². The van der Waals surface area contributed by atoms with Gasteiger partial charge in [0.25, 0.3) is 11.5 Å². The molecule has 1 aromatic carbocycles. The molecule has 3 aromatic rings. The van der Waals surface area contributed by atoms with Crippen molar-refractivity contribution in [1.82, 2.24) is 14.5 Å². The van der Waals surface area contributed by atoms with E-state index in [9.17, 15) is 9.59 Å². The Bertz CT molecular complexity index is 986. The molecule has 0 radical (unpaired) electrons. The summed E-state index contributed by atoms with van der Waals surface area (Å²) in [5.41, 5.74) is 2.65. The summed E-state index contributed by atoms with van der Waals surface area (Å²) in [5, 5.41) is 0.787. The van der Waals surface area contributed by atoms with Gasteiger partial charge in [-0.3, -0.25) is 14.2 Å². The molecule has 26 heavy (non-hydrogen) atoms. The van der Waals surface area contributed by atoms with Crippen LogP contribution in [0.25, 0.3) is 11.0 Å². The van der Waals surface area contributed by atoms with Gasteiger partial charge in [-0.15, -0.1) is 0 Å².